The van der Waals surface area contributed by atoms with Crippen LogP contribution < -0.4 is 0 Å². The van der Waals surface area contributed by atoms with Crippen molar-refractivity contribution < 1.29 is 46.8 Å². The van der Waals surface area contributed by atoms with E-state index in [4.69, 9.17) is 35.9 Å². The number of aliphatic hydroxyl groups is 1. The van der Waals surface area contributed by atoms with Gasteiger partial charge in [0, 0.05) is 14.7 Å². The Balaban J connectivity index is -0.000000771. The van der Waals surface area contributed by atoms with Crippen LogP contribution in [-0.2, 0) is 38.8 Å². The second-order valence-corrected chi connectivity index (χ2v) is 12.1. The lowest BCUT2D eigenvalue weighted by atomic mass is 10.2. The van der Waals surface area contributed by atoms with Crippen molar-refractivity contribution in [3.8, 4) is 0 Å². The lowest BCUT2D eigenvalue weighted by Gasteiger charge is -2.22. The van der Waals surface area contributed by atoms with Crippen LogP contribution in [0.5, 0.6) is 0 Å². The third-order valence-electron chi connectivity index (χ3n) is 7.27. The van der Waals surface area contributed by atoms with E-state index in [0.717, 1.165) is 17.2 Å². The number of carboxylic acids is 1. The van der Waals surface area contributed by atoms with Crippen molar-refractivity contribution in [2.45, 2.75) is 91.7 Å². The van der Waals surface area contributed by atoms with Gasteiger partial charge in [-0.2, -0.15) is 0 Å². The monoisotopic (exact) mass is 859 g/mol. The van der Waals surface area contributed by atoms with Crippen molar-refractivity contribution in [2.24, 2.45) is 15.3 Å². The summed E-state index contributed by atoms with van der Waals surface area (Å²) in [7, 11) is 0. The molecular weight excluding hydrogens is 803 g/mol. The molecule has 61 heavy (non-hydrogen) atoms. The van der Waals surface area contributed by atoms with Crippen molar-refractivity contribution >= 4 is 5.97 Å². The summed E-state index contributed by atoms with van der Waals surface area (Å²) < 4.78 is 69.2. The van der Waals surface area contributed by atoms with E-state index in [2.05, 4.69) is 63.2 Å². The van der Waals surface area contributed by atoms with E-state index in [9.17, 15) is 27.5 Å². The Morgan fingerprint density at radius 3 is 1.43 bits per heavy atom. The molecule has 0 aliphatic rings. The SMILES string of the molecule is C.C.C=C[C@H](OCc1ccccc1)C(F)(F)CN=[N+]=[N-].C=C[C@H](OCc1ccccc1)[C@H](O)CN=[N+]=[N-].CC=C(C)C.[N-]=[N+]=NCC(F)(F)[C@@H](OCc1ccccc1)C(=O)O. The Kier molecular flexibility index (Phi) is 33.6. The summed E-state index contributed by atoms with van der Waals surface area (Å²) in [4.78, 5) is 17.9. The van der Waals surface area contributed by atoms with Crippen LogP contribution in [0.2, 0.25) is 0 Å². The van der Waals surface area contributed by atoms with E-state index < -0.39 is 55.3 Å². The number of nitrogens with zero attached hydrogens (tertiary/aromatic N) is 9. The van der Waals surface area contributed by atoms with E-state index in [1.165, 1.54) is 11.6 Å². The summed E-state index contributed by atoms with van der Waals surface area (Å²) in [5.74, 6) is -8.84. The van der Waals surface area contributed by atoms with Gasteiger partial charge in [-0.15, -0.1) is 13.2 Å². The van der Waals surface area contributed by atoms with Crippen LogP contribution in [0.15, 0.2) is 143 Å². The average molecular weight is 860 g/mol. The smallest absolute Gasteiger partial charge is 0.339 e. The number of hydrogen-bond donors (Lipinski definition) is 2. The Hall–Kier alpha value is -6.16. The van der Waals surface area contributed by atoms with E-state index in [0.29, 0.717) is 12.2 Å². The Morgan fingerprint density at radius 1 is 0.705 bits per heavy atom. The topological polar surface area (TPSA) is 232 Å². The van der Waals surface area contributed by atoms with Crippen LogP contribution in [-0.4, -0.2) is 72.1 Å². The zero-order valence-electron chi connectivity index (χ0n) is 32.9. The number of hydrogen-bond acceptors (Lipinski definition) is 8. The Bertz CT molecular complexity index is 1820. The number of benzene rings is 3. The number of azide groups is 3. The van der Waals surface area contributed by atoms with Crippen LogP contribution in [0.25, 0.3) is 31.3 Å². The molecule has 0 saturated heterocycles. The molecule has 0 aromatic heterocycles. The minimum absolute atomic E-state index is 0. The standard InChI is InChI=1S/C12H13F2N3O.C12H15N3O2.C11H11F2N3O3.C5H10.2CH4/c1-2-11(12(13,14)9-16-17-15)18-8-10-6-4-3-5-7-10;1-2-12(11(16)8-14-15-13)17-9-10-6-4-3-5-7-10;12-11(13,7-15-16-14)9(10(17)18)19-6-8-4-2-1-3-5-8;1-4-5(2)3;;/h2-7,11H,1,8-9H2;2-7,11-12,16H,1,8-9H2;1-5,9H,6-7H2,(H,17,18);4H,1-3H3;2*1H4/t11-;11-,12+;9-;;;/m010.../s1. The fourth-order valence-corrected chi connectivity index (χ4v) is 4.00. The molecule has 0 aliphatic carbocycles. The number of aliphatic hydroxyl groups excluding tert-OH is 1. The maximum Gasteiger partial charge on any atom is 0.339 e. The first-order valence-corrected chi connectivity index (χ1v) is 17.6. The molecule has 0 fully saturated rings. The molecule has 0 bridgehead atoms. The van der Waals surface area contributed by atoms with Gasteiger partial charge in [0.25, 0.3) is 11.8 Å². The number of rotatable bonds is 21. The minimum atomic E-state index is -3.77. The maximum absolute atomic E-state index is 13.5. The zero-order chi connectivity index (χ0) is 44.5. The van der Waals surface area contributed by atoms with Gasteiger partial charge in [-0.05, 0) is 54.1 Å². The summed E-state index contributed by atoms with van der Waals surface area (Å²) in [6, 6.07) is 26.9. The van der Waals surface area contributed by atoms with Gasteiger partial charge >= 0.3 is 5.97 Å². The molecule has 3 aromatic rings. The Labute approximate surface area is 354 Å². The fraction of sp³-hybridized carbons (Fsp3) is 0.405. The van der Waals surface area contributed by atoms with Crippen LogP contribution >= 0.6 is 0 Å². The van der Waals surface area contributed by atoms with Gasteiger partial charge in [0.15, 0.2) is 0 Å². The molecule has 4 atom stereocenters. The highest BCUT2D eigenvalue weighted by molar-refractivity contribution is 5.73. The molecular formula is C42H57F4N9O6. The zero-order valence-corrected chi connectivity index (χ0v) is 32.9. The van der Waals surface area contributed by atoms with E-state index >= 15 is 0 Å². The summed E-state index contributed by atoms with van der Waals surface area (Å²) >= 11 is 0. The van der Waals surface area contributed by atoms with Gasteiger partial charge in [-0.1, -0.05) is 145 Å². The fourth-order valence-electron chi connectivity index (χ4n) is 4.00. The molecule has 3 aromatic carbocycles. The molecule has 0 spiro atoms. The predicted octanol–water partition coefficient (Wildman–Crippen LogP) is 12.0. The number of carboxylic acid groups (broad SMARTS) is 1. The van der Waals surface area contributed by atoms with Crippen LogP contribution in [0.1, 0.15) is 52.3 Å². The van der Waals surface area contributed by atoms with Crippen LogP contribution in [0.4, 0.5) is 17.6 Å². The van der Waals surface area contributed by atoms with Crippen molar-refractivity contribution in [3.05, 3.63) is 176 Å². The second kappa shape index (κ2) is 34.7. The number of allylic oxidation sites excluding steroid dienone is 2. The van der Waals surface area contributed by atoms with E-state index in [1.54, 1.807) is 54.6 Å². The first-order valence-electron chi connectivity index (χ1n) is 17.6. The van der Waals surface area contributed by atoms with Crippen molar-refractivity contribution in [1.82, 2.24) is 0 Å². The quantitative estimate of drug-likeness (QED) is 0.0347. The van der Waals surface area contributed by atoms with Gasteiger partial charge in [0.2, 0.25) is 6.10 Å². The molecule has 0 unspecified atom stereocenters. The molecule has 0 heterocycles. The first-order chi connectivity index (χ1) is 28.1. The highest BCUT2D eigenvalue weighted by atomic mass is 19.3. The molecule has 334 valence electrons. The molecule has 2 N–H and O–H groups in total. The normalized spacial score (nSPS) is 11.9. The number of alkyl halides is 4. The lowest BCUT2D eigenvalue weighted by molar-refractivity contribution is -0.180. The van der Waals surface area contributed by atoms with Crippen molar-refractivity contribution in [2.75, 3.05) is 19.6 Å². The van der Waals surface area contributed by atoms with E-state index in [-0.39, 0.29) is 34.6 Å². The summed E-state index contributed by atoms with van der Waals surface area (Å²) in [6.45, 7) is 11.0. The maximum atomic E-state index is 13.5. The molecule has 0 radical (unpaired) electrons. The third-order valence-corrected chi connectivity index (χ3v) is 7.27. The summed E-state index contributed by atoms with van der Waals surface area (Å²) in [5.41, 5.74) is 27.9. The minimum Gasteiger partial charge on any atom is -0.479 e. The lowest BCUT2D eigenvalue weighted by Crippen LogP contribution is -2.44. The summed E-state index contributed by atoms with van der Waals surface area (Å²) in [5, 5.41) is 27.3. The molecule has 3 rings (SSSR count). The molecule has 0 aliphatic heterocycles. The first kappa shape index (κ1) is 59.2. The number of aliphatic carboxylic acids is 1. The van der Waals surface area contributed by atoms with Crippen molar-refractivity contribution in [1.29, 1.82) is 0 Å². The molecule has 0 saturated carbocycles. The molecule has 15 nitrogen and oxygen atoms in total. The van der Waals surface area contributed by atoms with Gasteiger partial charge in [0.1, 0.15) is 12.2 Å². The number of carbonyl (C=O) groups is 1. The van der Waals surface area contributed by atoms with Crippen LogP contribution in [0.3, 0.4) is 0 Å². The largest absolute Gasteiger partial charge is 0.479 e. The van der Waals surface area contributed by atoms with Gasteiger partial charge in [-0.3, -0.25) is 0 Å². The number of halogens is 4. The molecule has 19 heteroatoms. The molecule has 0 amide bonds. The Morgan fingerprint density at radius 2 is 1.08 bits per heavy atom. The number of ether oxygens (including phenoxy) is 3. The predicted molar refractivity (Wildman–Crippen MR) is 230 cm³/mol. The average Bonchev–Trinajstić information content (AvgIpc) is 3.23. The van der Waals surface area contributed by atoms with Gasteiger partial charge in [-0.25, -0.2) is 22.4 Å². The highest BCUT2D eigenvalue weighted by Crippen LogP contribution is 2.25. The van der Waals surface area contributed by atoms with Crippen LogP contribution in [0, 0.1) is 0 Å². The third kappa shape index (κ3) is 27.3. The highest BCUT2D eigenvalue weighted by Gasteiger charge is 2.45. The summed E-state index contributed by atoms with van der Waals surface area (Å²) in [6.07, 6.45) is -0.662. The van der Waals surface area contributed by atoms with Crippen molar-refractivity contribution in [3.63, 3.8) is 0 Å². The van der Waals surface area contributed by atoms with Gasteiger partial charge in [0.05, 0.1) is 45.6 Å². The second-order valence-electron chi connectivity index (χ2n) is 12.1. The van der Waals surface area contributed by atoms with E-state index in [1.807, 2.05) is 43.3 Å². The van der Waals surface area contributed by atoms with Gasteiger partial charge < -0.3 is 24.4 Å².